The van der Waals surface area contributed by atoms with E-state index >= 15 is 0 Å². The molecular weight excluding hydrogens is 254 g/mol. The van der Waals surface area contributed by atoms with Gasteiger partial charge in [0, 0.05) is 22.5 Å². The molecular formula is C15H23N3S. The fourth-order valence-corrected chi connectivity index (χ4v) is 4.30. The van der Waals surface area contributed by atoms with E-state index in [1.54, 1.807) is 6.33 Å². The predicted octanol–water partition coefficient (Wildman–Crippen LogP) is 3.44. The average Bonchev–Trinajstić information content (AvgIpc) is 2.48. The molecule has 2 aliphatic rings. The molecule has 1 aromatic heterocycles. The maximum absolute atomic E-state index is 4.52. The van der Waals surface area contributed by atoms with E-state index in [2.05, 4.69) is 21.5 Å². The second-order valence-corrected chi connectivity index (χ2v) is 6.74. The van der Waals surface area contributed by atoms with Crippen LogP contribution in [0.5, 0.6) is 0 Å². The molecule has 3 nitrogen and oxygen atoms in total. The molecule has 3 rings (SSSR count). The van der Waals surface area contributed by atoms with Crippen LogP contribution in [0, 0.1) is 0 Å². The number of thioether (sulfide) groups is 1. The molecule has 1 aromatic rings. The molecule has 0 aromatic carbocycles. The maximum atomic E-state index is 4.52. The third kappa shape index (κ3) is 2.88. The van der Waals surface area contributed by atoms with E-state index in [1.165, 1.54) is 49.8 Å². The zero-order valence-electron chi connectivity index (χ0n) is 11.7. The van der Waals surface area contributed by atoms with Gasteiger partial charge in [-0.15, -0.1) is 0 Å². The van der Waals surface area contributed by atoms with Gasteiger partial charge in [0.25, 0.3) is 0 Å². The molecule has 0 saturated heterocycles. The van der Waals surface area contributed by atoms with Crippen LogP contribution in [0.15, 0.2) is 6.33 Å². The Labute approximate surface area is 120 Å². The first kappa shape index (κ1) is 13.2. The van der Waals surface area contributed by atoms with Crippen molar-refractivity contribution in [2.24, 2.45) is 0 Å². The summed E-state index contributed by atoms with van der Waals surface area (Å²) in [5, 5.41) is 4.48. The lowest BCUT2D eigenvalue weighted by Gasteiger charge is -2.32. The number of nitrogens with one attached hydrogen (secondary N) is 1. The monoisotopic (exact) mass is 277 g/mol. The third-order valence-electron chi connectivity index (χ3n) is 4.45. The van der Waals surface area contributed by atoms with Crippen LogP contribution < -0.4 is 5.32 Å². The minimum Gasteiger partial charge on any atom is -0.366 e. The van der Waals surface area contributed by atoms with E-state index in [-0.39, 0.29) is 0 Å². The zero-order chi connectivity index (χ0) is 13.1. The second-order valence-electron chi connectivity index (χ2n) is 5.66. The van der Waals surface area contributed by atoms with Gasteiger partial charge in [-0.1, -0.05) is 12.8 Å². The highest BCUT2D eigenvalue weighted by atomic mass is 32.2. The van der Waals surface area contributed by atoms with E-state index in [0.29, 0.717) is 6.04 Å². The fourth-order valence-electron chi connectivity index (χ4n) is 3.37. The summed E-state index contributed by atoms with van der Waals surface area (Å²) in [5.74, 6) is 1.12. The van der Waals surface area contributed by atoms with Crippen molar-refractivity contribution in [3.05, 3.63) is 17.6 Å². The number of aryl methyl sites for hydroxylation is 1. The maximum Gasteiger partial charge on any atom is 0.133 e. The number of rotatable bonds is 3. The molecule has 1 heterocycles. The van der Waals surface area contributed by atoms with Crippen molar-refractivity contribution in [3.63, 3.8) is 0 Å². The number of aromatic nitrogens is 2. The van der Waals surface area contributed by atoms with Gasteiger partial charge in [-0.05, 0) is 44.8 Å². The first-order valence-corrected chi connectivity index (χ1v) is 8.79. The fraction of sp³-hybridized carbons (Fsp3) is 0.733. The molecule has 2 aliphatic carbocycles. The molecule has 0 amide bonds. The highest BCUT2D eigenvalue weighted by molar-refractivity contribution is 7.99. The highest BCUT2D eigenvalue weighted by Crippen LogP contribution is 2.31. The number of nitrogens with zero attached hydrogens (tertiary/aromatic N) is 2. The van der Waals surface area contributed by atoms with Gasteiger partial charge in [-0.2, -0.15) is 11.8 Å². The molecule has 1 saturated carbocycles. The van der Waals surface area contributed by atoms with Gasteiger partial charge in [0.15, 0.2) is 0 Å². The van der Waals surface area contributed by atoms with Crippen molar-refractivity contribution in [3.8, 4) is 0 Å². The Morgan fingerprint density at radius 1 is 1.11 bits per heavy atom. The van der Waals surface area contributed by atoms with Crippen molar-refractivity contribution in [1.29, 1.82) is 0 Å². The molecule has 0 spiro atoms. The molecule has 104 valence electrons. The first-order chi connectivity index (χ1) is 9.38. The van der Waals surface area contributed by atoms with Gasteiger partial charge >= 0.3 is 0 Å². The number of hydrogen-bond acceptors (Lipinski definition) is 4. The van der Waals surface area contributed by atoms with Gasteiger partial charge in [-0.3, -0.25) is 0 Å². The SMILES string of the molecule is CSC1CCCCC1Nc1ncnc2c1CCCC2. The number of anilines is 1. The summed E-state index contributed by atoms with van der Waals surface area (Å²) < 4.78 is 0. The molecule has 19 heavy (non-hydrogen) atoms. The van der Waals surface area contributed by atoms with Crippen LogP contribution in [-0.4, -0.2) is 27.5 Å². The highest BCUT2D eigenvalue weighted by Gasteiger charge is 2.26. The second kappa shape index (κ2) is 6.12. The van der Waals surface area contributed by atoms with Crippen molar-refractivity contribution in [2.75, 3.05) is 11.6 Å². The van der Waals surface area contributed by atoms with E-state index in [9.17, 15) is 0 Å². The summed E-state index contributed by atoms with van der Waals surface area (Å²) in [4.78, 5) is 8.98. The Hall–Kier alpha value is -0.770. The summed E-state index contributed by atoms with van der Waals surface area (Å²) in [6.45, 7) is 0. The van der Waals surface area contributed by atoms with Gasteiger partial charge in [-0.25, -0.2) is 9.97 Å². The normalized spacial score (nSPS) is 26.8. The van der Waals surface area contributed by atoms with Gasteiger partial charge in [0.2, 0.25) is 0 Å². The smallest absolute Gasteiger partial charge is 0.133 e. The Bertz CT molecular complexity index is 435. The van der Waals surface area contributed by atoms with E-state index in [4.69, 9.17) is 0 Å². The summed E-state index contributed by atoms with van der Waals surface area (Å²) in [6.07, 6.45) is 14.2. The summed E-state index contributed by atoms with van der Waals surface area (Å²) in [6, 6.07) is 0.588. The van der Waals surface area contributed by atoms with Crippen molar-refractivity contribution in [1.82, 2.24) is 9.97 Å². The van der Waals surface area contributed by atoms with Crippen molar-refractivity contribution in [2.45, 2.75) is 62.7 Å². The topological polar surface area (TPSA) is 37.8 Å². The van der Waals surface area contributed by atoms with Crippen LogP contribution in [0.1, 0.15) is 49.8 Å². The zero-order valence-corrected chi connectivity index (χ0v) is 12.5. The molecule has 4 heteroatoms. The molecule has 0 bridgehead atoms. The van der Waals surface area contributed by atoms with E-state index < -0.39 is 0 Å². The van der Waals surface area contributed by atoms with Crippen LogP contribution in [0.4, 0.5) is 5.82 Å². The molecule has 2 atom stereocenters. The van der Waals surface area contributed by atoms with E-state index in [1.807, 2.05) is 11.8 Å². The predicted molar refractivity (Wildman–Crippen MR) is 81.9 cm³/mol. The summed E-state index contributed by atoms with van der Waals surface area (Å²) in [5.41, 5.74) is 2.67. The Balaban J connectivity index is 1.78. The summed E-state index contributed by atoms with van der Waals surface area (Å²) in [7, 11) is 0. The molecule has 1 N–H and O–H groups in total. The van der Waals surface area contributed by atoms with Gasteiger partial charge in [0.1, 0.15) is 12.1 Å². The van der Waals surface area contributed by atoms with Crippen LogP contribution in [0.25, 0.3) is 0 Å². The number of fused-ring (bicyclic) bond motifs is 1. The quantitative estimate of drug-likeness (QED) is 0.918. The Morgan fingerprint density at radius 2 is 1.95 bits per heavy atom. The molecule has 0 radical (unpaired) electrons. The minimum absolute atomic E-state index is 0.588. The molecule has 0 aliphatic heterocycles. The third-order valence-corrected chi connectivity index (χ3v) is 5.62. The van der Waals surface area contributed by atoms with Crippen LogP contribution >= 0.6 is 11.8 Å². The van der Waals surface area contributed by atoms with Crippen LogP contribution in [0.2, 0.25) is 0 Å². The van der Waals surface area contributed by atoms with Crippen LogP contribution in [0.3, 0.4) is 0 Å². The molecule has 2 unspecified atom stereocenters. The minimum atomic E-state index is 0.588. The lowest BCUT2D eigenvalue weighted by molar-refractivity contribution is 0.473. The first-order valence-electron chi connectivity index (χ1n) is 7.50. The van der Waals surface area contributed by atoms with Gasteiger partial charge < -0.3 is 5.32 Å². The van der Waals surface area contributed by atoms with Crippen molar-refractivity contribution < 1.29 is 0 Å². The van der Waals surface area contributed by atoms with Crippen molar-refractivity contribution >= 4 is 17.6 Å². The Kier molecular flexibility index (Phi) is 4.26. The molecule has 1 fully saturated rings. The van der Waals surface area contributed by atoms with E-state index in [0.717, 1.165) is 23.9 Å². The van der Waals surface area contributed by atoms with Crippen LogP contribution in [-0.2, 0) is 12.8 Å². The lowest BCUT2D eigenvalue weighted by atomic mass is 9.93. The number of hydrogen-bond donors (Lipinski definition) is 1. The largest absolute Gasteiger partial charge is 0.366 e. The Morgan fingerprint density at radius 3 is 2.84 bits per heavy atom. The summed E-state index contributed by atoms with van der Waals surface area (Å²) >= 11 is 2.00. The standard InChI is InChI=1S/C15H23N3S/c1-19-14-9-5-4-8-13(14)18-15-11-6-2-3-7-12(11)16-10-17-15/h10,13-14H,2-9H2,1H3,(H,16,17,18). The lowest BCUT2D eigenvalue weighted by Crippen LogP contribution is -2.35. The van der Waals surface area contributed by atoms with Gasteiger partial charge in [0.05, 0.1) is 0 Å². The average molecular weight is 277 g/mol.